The highest BCUT2D eigenvalue weighted by molar-refractivity contribution is 5.96. The van der Waals surface area contributed by atoms with E-state index in [-0.39, 0.29) is 5.41 Å². The Morgan fingerprint density at radius 3 is 1.58 bits per heavy atom. The zero-order valence-corrected chi connectivity index (χ0v) is 27.2. The maximum absolute atomic E-state index is 2.41. The van der Waals surface area contributed by atoms with Crippen molar-refractivity contribution < 1.29 is 0 Å². The minimum atomic E-state index is -0.0725. The number of anilines is 3. The molecule has 0 saturated heterocycles. The average molecular weight is 614 g/mol. The molecule has 0 unspecified atom stereocenters. The molecular formula is C47H35N. The minimum absolute atomic E-state index is 0.0725. The predicted molar refractivity (Wildman–Crippen MR) is 205 cm³/mol. The van der Waals surface area contributed by atoms with Gasteiger partial charge in [-0.05, 0) is 121 Å². The summed E-state index contributed by atoms with van der Waals surface area (Å²) >= 11 is 0. The molecule has 1 aliphatic carbocycles. The molecule has 0 heterocycles. The molecule has 0 aliphatic heterocycles. The molecule has 48 heavy (non-hydrogen) atoms. The fourth-order valence-electron chi connectivity index (χ4n) is 7.64. The van der Waals surface area contributed by atoms with Gasteiger partial charge in [0, 0.05) is 22.5 Å². The van der Waals surface area contributed by atoms with Gasteiger partial charge in [0.15, 0.2) is 0 Å². The van der Waals surface area contributed by atoms with Crippen molar-refractivity contribution in [3.63, 3.8) is 0 Å². The van der Waals surface area contributed by atoms with E-state index in [2.05, 4.69) is 195 Å². The lowest BCUT2D eigenvalue weighted by molar-refractivity contribution is 0.661. The number of nitrogens with zero attached hydrogens (tertiary/aromatic N) is 1. The van der Waals surface area contributed by atoms with Gasteiger partial charge in [0.05, 0.1) is 0 Å². The first-order valence-electron chi connectivity index (χ1n) is 16.8. The Bertz CT molecular complexity index is 2470. The van der Waals surface area contributed by atoms with E-state index in [1.54, 1.807) is 0 Å². The summed E-state index contributed by atoms with van der Waals surface area (Å²) in [6.07, 6.45) is 0. The first-order valence-corrected chi connectivity index (χ1v) is 16.8. The van der Waals surface area contributed by atoms with E-state index in [1.165, 1.54) is 66.1 Å². The van der Waals surface area contributed by atoms with Crippen LogP contribution in [0.25, 0.3) is 54.9 Å². The van der Waals surface area contributed by atoms with Crippen molar-refractivity contribution >= 4 is 38.6 Å². The number of hydrogen-bond donors (Lipinski definition) is 0. The van der Waals surface area contributed by atoms with Crippen molar-refractivity contribution in [3.8, 4) is 33.4 Å². The summed E-state index contributed by atoms with van der Waals surface area (Å²) in [6, 6.07) is 64.4. The first kappa shape index (κ1) is 28.3. The molecule has 1 heteroatoms. The fourth-order valence-corrected chi connectivity index (χ4v) is 7.64. The third-order valence-corrected chi connectivity index (χ3v) is 10.2. The Balaban J connectivity index is 1.17. The largest absolute Gasteiger partial charge is 0.310 e. The van der Waals surface area contributed by atoms with Crippen molar-refractivity contribution in [2.75, 3.05) is 4.90 Å². The van der Waals surface area contributed by atoms with E-state index in [9.17, 15) is 0 Å². The van der Waals surface area contributed by atoms with Gasteiger partial charge in [-0.3, -0.25) is 0 Å². The number of hydrogen-bond acceptors (Lipinski definition) is 1. The van der Waals surface area contributed by atoms with Gasteiger partial charge in [0.1, 0.15) is 0 Å². The molecule has 0 fully saturated rings. The van der Waals surface area contributed by atoms with Crippen LogP contribution in [0.15, 0.2) is 176 Å². The van der Waals surface area contributed by atoms with Crippen molar-refractivity contribution in [1.29, 1.82) is 0 Å². The number of fused-ring (bicyclic) bond motifs is 5. The maximum Gasteiger partial charge on any atom is 0.0468 e. The lowest BCUT2D eigenvalue weighted by Gasteiger charge is -2.27. The Hall–Kier alpha value is -5.92. The molecule has 0 N–H and O–H groups in total. The highest BCUT2D eigenvalue weighted by Crippen LogP contribution is 2.52. The van der Waals surface area contributed by atoms with E-state index in [4.69, 9.17) is 0 Å². The summed E-state index contributed by atoms with van der Waals surface area (Å²) in [6.45, 7) is 4.72. The highest BCUT2D eigenvalue weighted by atomic mass is 15.1. The molecule has 9 rings (SSSR count). The fraction of sp³-hybridized carbons (Fsp3) is 0.0638. The van der Waals surface area contributed by atoms with Gasteiger partial charge in [0.2, 0.25) is 0 Å². The number of benzene rings is 8. The van der Waals surface area contributed by atoms with Crippen LogP contribution in [0, 0.1) is 0 Å². The van der Waals surface area contributed by atoms with Gasteiger partial charge < -0.3 is 4.90 Å². The molecule has 1 aliphatic rings. The topological polar surface area (TPSA) is 3.24 Å². The van der Waals surface area contributed by atoms with Crippen molar-refractivity contribution in [2.45, 2.75) is 19.3 Å². The first-order chi connectivity index (χ1) is 23.5. The Kier molecular flexibility index (Phi) is 6.55. The average Bonchev–Trinajstić information content (AvgIpc) is 3.36. The van der Waals surface area contributed by atoms with Crippen LogP contribution in [0.5, 0.6) is 0 Å². The third-order valence-electron chi connectivity index (χ3n) is 10.2. The van der Waals surface area contributed by atoms with Crippen molar-refractivity contribution in [1.82, 2.24) is 0 Å². The van der Waals surface area contributed by atoms with Gasteiger partial charge in [-0.1, -0.05) is 135 Å². The molecule has 0 aromatic heterocycles. The van der Waals surface area contributed by atoms with Gasteiger partial charge in [-0.25, -0.2) is 0 Å². The Morgan fingerprint density at radius 2 is 0.854 bits per heavy atom. The van der Waals surface area contributed by atoms with E-state index in [0.717, 1.165) is 17.1 Å². The molecule has 0 radical (unpaired) electrons. The van der Waals surface area contributed by atoms with Gasteiger partial charge in [-0.2, -0.15) is 0 Å². The Morgan fingerprint density at radius 1 is 0.333 bits per heavy atom. The van der Waals surface area contributed by atoms with Gasteiger partial charge in [-0.15, -0.1) is 0 Å². The smallest absolute Gasteiger partial charge is 0.0468 e. The van der Waals surface area contributed by atoms with E-state index >= 15 is 0 Å². The number of rotatable bonds is 5. The predicted octanol–water partition coefficient (Wildman–Crippen LogP) is 13.1. The molecule has 0 bridgehead atoms. The maximum atomic E-state index is 2.41. The monoisotopic (exact) mass is 613 g/mol. The summed E-state index contributed by atoms with van der Waals surface area (Å²) in [5.41, 5.74) is 13.6. The molecule has 1 nitrogen and oxygen atoms in total. The van der Waals surface area contributed by atoms with E-state index in [0.29, 0.717) is 0 Å². The molecule has 228 valence electrons. The van der Waals surface area contributed by atoms with Crippen LogP contribution in [0.3, 0.4) is 0 Å². The van der Waals surface area contributed by atoms with Crippen LogP contribution >= 0.6 is 0 Å². The lowest BCUT2D eigenvalue weighted by Crippen LogP contribution is -2.15. The molecule has 0 amide bonds. The summed E-state index contributed by atoms with van der Waals surface area (Å²) < 4.78 is 0. The van der Waals surface area contributed by atoms with E-state index in [1.807, 2.05) is 0 Å². The molecule has 0 spiro atoms. The van der Waals surface area contributed by atoms with Crippen molar-refractivity contribution in [2.24, 2.45) is 0 Å². The van der Waals surface area contributed by atoms with Crippen molar-refractivity contribution in [3.05, 3.63) is 187 Å². The lowest BCUT2D eigenvalue weighted by atomic mass is 9.82. The molecule has 0 atom stereocenters. The minimum Gasteiger partial charge on any atom is -0.310 e. The summed E-state index contributed by atoms with van der Waals surface area (Å²) in [5.74, 6) is 0. The van der Waals surface area contributed by atoms with Crippen LogP contribution in [-0.4, -0.2) is 0 Å². The van der Waals surface area contributed by atoms with Crippen LogP contribution in [0.2, 0.25) is 0 Å². The quantitative estimate of drug-likeness (QED) is 0.187. The van der Waals surface area contributed by atoms with Crippen LogP contribution in [-0.2, 0) is 5.41 Å². The normalized spacial score (nSPS) is 13.0. The van der Waals surface area contributed by atoms with Gasteiger partial charge in [0.25, 0.3) is 0 Å². The van der Waals surface area contributed by atoms with Gasteiger partial charge >= 0.3 is 0 Å². The summed E-state index contributed by atoms with van der Waals surface area (Å²) in [5, 5.41) is 5.05. The molecular weight excluding hydrogens is 579 g/mol. The Labute approximate surface area is 282 Å². The standard InChI is InChI=1S/C47H35N/c1-47(2)45-26-25-42(31-44(45)43-29-38-15-8-9-16-39(38)30-46(43)47)48(41-24-21-33-13-6-7-14-37(33)28-41)40-22-19-34(20-23-40)36-18-10-17-35(27-36)32-11-4-3-5-12-32/h3-31H,1-2H3. The second kappa shape index (κ2) is 11.1. The third kappa shape index (κ3) is 4.70. The SMILES string of the molecule is CC1(C)c2ccc(N(c3ccc(-c4cccc(-c5ccccc5)c4)cc3)c3ccc4ccccc4c3)cc2-c2cc3ccccc3cc21. The zero-order chi connectivity index (χ0) is 32.2. The summed E-state index contributed by atoms with van der Waals surface area (Å²) in [4.78, 5) is 2.41. The molecule has 8 aromatic rings. The van der Waals surface area contributed by atoms with E-state index < -0.39 is 0 Å². The molecule has 8 aromatic carbocycles. The summed E-state index contributed by atoms with van der Waals surface area (Å²) in [7, 11) is 0. The second-order valence-electron chi connectivity index (χ2n) is 13.5. The molecule has 0 saturated carbocycles. The van der Waals surface area contributed by atoms with Crippen LogP contribution in [0.1, 0.15) is 25.0 Å². The van der Waals surface area contributed by atoms with Crippen LogP contribution < -0.4 is 4.90 Å². The highest BCUT2D eigenvalue weighted by Gasteiger charge is 2.36. The second-order valence-corrected chi connectivity index (χ2v) is 13.5. The van der Waals surface area contributed by atoms with Crippen LogP contribution in [0.4, 0.5) is 17.1 Å². The zero-order valence-electron chi connectivity index (χ0n) is 27.2.